The first-order valence-corrected chi connectivity index (χ1v) is 8.24. The number of ketones is 1. The highest BCUT2D eigenvalue weighted by atomic mass is 127. The van der Waals surface area contributed by atoms with Crippen molar-refractivity contribution in [3.05, 3.63) is 38.8 Å². The quantitative estimate of drug-likeness (QED) is 0.418. The third-order valence-corrected chi connectivity index (χ3v) is 4.10. The molecule has 6 nitrogen and oxygen atoms in total. The Morgan fingerprint density at radius 2 is 2.08 bits per heavy atom. The molecule has 0 aliphatic heterocycles. The summed E-state index contributed by atoms with van der Waals surface area (Å²) in [7, 11) is 1.57. The lowest BCUT2D eigenvalue weighted by atomic mass is 10.2. The van der Waals surface area contributed by atoms with Crippen molar-refractivity contribution in [1.29, 1.82) is 0 Å². The Bertz CT molecular complexity index is 817. The molecule has 2 rings (SSSR count). The highest BCUT2D eigenvalue weighted by Crippen LogP contribution is 2.33. The van der Waals surface area contributed by atoms with Crippen LogP contribution in [-0.2, 0) is 11.8 Å². The van der Waals surface area contributed by atoms with E-state index in [1.807, 2.05) is 22.6 Å². The molecule has 0 fully saturated rings. The topological polar surface area (TPSA) is 86.3 Å². The molecular weight excluding hydrogens is 428 g/mol. The first-order valence-electron chi connectivity index (χ1n) is 7.16. The molecule has 1 aromatic carbocycles. The summed E-state index contributed by atoms with van der Waals surface area (Å²) in [6.45, 7) is 3.16. The molecule has 0 spiro atoms. The van der Waals surface area contributed by atoms with E-state index >= 15 is 0 Å². The average molecular weight is 445 g/mol. The number of benzene rings is 1. The van der Waals surface area contributed by atoms with Gasteiger partial charge in [-0.05, 0) is 47.7 Å². The maximum absolute atomic E-state index is 14.1. The minimum Gasteiger partial charge on any atom is -0.462 e. The van der Waals surface area contributed by atoms with Crippen LogP contribution >= 0.6 is 22.6 Å². The Labute approximate surface area is 152 Å². The number of carbonyl (C=O) groups excluding carboxylic acids is 2. The number of carbonyl (C=O) groups is 2. The summed E-state index contributed by atoms with van der Waals surface area (Å²) in [5.74, 6) is -1.26. The van der Waals surface area contributed by atoms with Gasteiger partial charge in [-0.25, -0.2) is 9.18 Å². The van der Waals surface area contributed by atoms with Gasteiger partial charge >= 0.3 is 5.97 Å². The highest BCUT2D eigenvalue weighted by molar-refractivity contribution is 14.1. The number of nitrogens with zero attached hydrogens (tertiary/aromatic N) is 1. The van der Waals surface area contributed by atoms with Crippen molar-refractivity contribution in [2.75, 3.05) is 17.7 Å². The van der Waals surface area contributed by atoms with Crippen molar-refractivity contribution in [3.63, 3.8) is 0 Å². The Balaban J connectivity index is 2.60. The number of rotatable bonds is 5. The molecule has 0 atom stereocenters. The predicted octanol–water partition coefficient (Wildman–Crippen LogP) is 3.47. The monoisotopic (exact) mass is 445 g/mol. The fourth-order valence-electron chi connectivity index (χ4n) is 2.41. The standard InChI is InChI=1S/C16H17FIN3O3/c1-4-24-16(23)12-13(19)14(8(2)22)21(3)15(12)20-11-6-5-9(18)7-10(11)17/h5-7,20H,4,19H2,1-3H3. The van der Waals surface area contributed by atoms with Crippen LogP contribution in [-0.4, -0.2) is 22.9 Å². The molecular formula is C16H17FIN3O3. The molecule has 0 bridgehead atoms. The molecule has 1 aromatic heterocycles. The maximum Gasteiger partial charge on any atom is 0.344 e. The lowest BCUT2D eigenvalue weighted by molar-refractivity contribution is 0.0528. The van der Waals surface area contributed by atoms with E-state index in [1.54, 1.807) is 26.1 Å². The van der Waals surface area contributed by atoms with Gasteiger partial charge in [-0.2, -0.15) is 0 Å². The van der Waals surface area contributed by atoms with E-state index in [2.05, 4.69) is 5.32 Å². The van der Waals surface area contributed by atoms with Crippen molar-refractivity contribution >= 4 is 51.5 Å². The molecule has 0 saturated carbocycles. The van der Waals surface area contributed by atoms with E-state index in [-0.39, 0.29) is 40.8 Å². The number of nitrogens with one attached hydrogen (secondary N) is 1. The molecule has 0 amide bonds. The fourth-order valence-corrected chi connectivity index (χ4v) is 2.86. The van der Waals surface area contributed by atoms with Gasteiger partial charge in [-0.15, -0.1) is 0 Å². The van der Waals surface area contributed by atoms with Gasteiger partial charge in [-0.1, -0.05) is 0 Å². The van der Waals surface area contributed by atoms with Crippen molar-refractivity contribution in [2.45, 2.75) is 13.8 Å². The van der Waals surface area contributed by atoms with Crippen LogP contribution in [0.5, 0.6) is 0 Å². The van der Waals surface area contributed by atoms with E-state index in [0.29, 0.717) is 0 Å². The molecule has 0 radical (unpaired) electrons. The number of esters is 1. The first-order chi connectivity index (χ1) is 11.3. The third kappa shape index (κ3) is 3.37. The van der Waals surface area contributed by atoms with Gasteiger partial charge in [0.1, 0.15) is 22.9 Å². The van der Waals surface area contributed by atoms with Crippen LogP contribution in [0, 0.1) is 9.39 Å². The molecule has 0 aliphatic carbocycles. The van der Waals surface area contributed by atoms with E-state index < -0.39 is 11.8 Å². The van der Waals surface area contributed by atoms with Gasteiger partial charge in [0.2, 0.25) is 0 Å². The summed E-state index contributed by atoms with van der Waals surface area (Å²) in [6, 6.07) is 4.61. The number of halogens is 2. The van der Waals surface area contributed by atoms with E-state index in [0.717, 1.165) is 3.57 Å². The summed E-state index contributed by atoms with van der Waals surface area (Å²) in [5, 5.41) is 2.84. The normalized spacial score (nSPS) is 10.5. The SMILES string of the molecule is CCOC(=O)c1c(N)c(C(C)=O)n(C)c1Nc1ccc(I)cc1F. The van der Waals surface area contributed by atoms with Crippen molar-refractivity contribution < 1.29 is 18.7 Å². The Morgan fingerprint density at radius 1 is 1.42 bits per heavy atom. The number of anilines is 3. The lowest BCUT2D eigenvalue weighted by Crippen LogP contribution is -2.10. The van der Waals surface area contributed by atoms with Gasteiger partial charge in [0.25, 0.3) is 0 Å². The summed E-state index contributed by atoms with van der Waals surface area (Å²) in [5.41, 5.74) is 6.33. The second-order valence-electron chi connectivity index (χ2n) is 5.07. The average Bonchev–Trinajstić information content (AvgIpc) is 2.73. The minimum atomic E-state index is -0.675. The number of hydrogen-bond donors (Lipinski definition) is 2. The lowest BCUT2D eigenvalue weighted by Gasteiger charge is -2.12. The molecule has 0 saturated heterocycles. The van der Waals surface area contributed by atoms with Gasteiger partial charge in [0.15, 0.2) is 5.78 Å². The number of nitrogens with two attached hydrogens (primary N) is 1. The van der Waals surface area contributed by atoms with Crippen LogP contribution in [0.15, 0.2) is 18.2 Å². The number of nitrogen functional groups attached to an aromatic ring is 1. The maximum atomic E-state index is 14.1. The van der Waals surface area contributed by atoms with Crippen molar-refractivity contribution in [3.8, 4) is 0 Å². The molecule has 8 heteroatoms. The first kappa shape index (κ1) is 18.2. The van der Waals surface area contributed by atoms with Crippen molar-refractivity contribution in [1.82, 2.24) is 4.57 Å². The third-order valence-electron chi connectivity index (χ3n) is 3.43. The van der Waals surface area contributed by atoms with Gasteiger partial charge in [0, 0.05) is 17.5 Å². The minimum absolute atomic E-state index is 0.0110. The van der Waals surface area contributed by atoms with E-state index in [1.165, 1.54) is 17.6 Å². The highest BCUT2D eigenvalue weighted by Gasteiger charge is 2.28. The van der Waals surface area contributed by atoms with Crippen LogP contribution in [0.25, 0.3) is 0 Å². The van der Waals surface area contributed by atoms with Crippen LogP contribution in [0.2, 0.25) is 0 Å². The number of hydrogen-bond acceptors (Lipinski definition) is 5. The van der Waals surface area contributed by atoms with Gasteiger partial charge < -0.3 is 20.4 Å². The second kappa shape index (κ2) is 7.20. The molecule has 128 valence electrons. The smallest absolute Gasteiger partial charge is 0.344 e. The summed E-state index contributed by atoms with van der Waals surface area (Å²) >= 11 is 1.99. The summed E-state index contributed by atoms with van der Waals surface area (Å²) < 4.78 is 21.3. The second-order valence-corrected chi connectivity index (χ2v) is 6.32. The predicted molar refractivity (Wildman–Crippen MR) is 98.2 cm³/mol. The van der Waals surface area contributed by atoms with E-state index in [9.17, 15) is 14.0 Å². The van der Waals surface area contributed by atoms with E-state index in [4.69, 9.17) is 10.5 Å². The Kier molecular flexibility index (Phi) is 5.47. The number of ether oxygens (including phenoxy) is 1. The van der Waals surface area contributed by atoms with Crippen LogP contribution < -0.4 is 11.1 Å². The molecule has 3 N–H and O–H groups in total. The zero-order valence-corrected chi connectivity index (χ0v) is 15.6. The van der Waals surface area contributed by atoms with Crippen molar-refractivity contribution in [2.24, 2.45) is 7.05 Å². The van der Waals surface area contributed by atoms with Crippen LogP contribution in [0.1, 0.15) is 34.7 Å². The Morgan fingerprint density at radius 3 is 2.62 bits per heavy atom. The molecule has 24 heavy (non-hydrogen) atoms. The summed E-state index contributed by atoms with van der Waals surface area (Å²) in [4.78, 5) is 24.1. The number of aromatic nitrogens is 1. The van der Waals surface area contributed by atoms with Crippen LogP contribution in [0.4, 0.5) is 21.6 Å². The largest absolute Gasteiger partial charge is 0.462 e. The zero-order chi connectivity index (χ0) is 18.0. The zero-order valence-electron chi connectivity index (χ0n) is 13.4. The molecule has 0 unspecified atom stereocenters. The molecule has 0 aliphatic rings. The summed E-state index contributed by atoms with van der Waals surface area (Å²) in [6.07, 6.45) is 0. The Hall–Kier alpha value is -2.10. The van der Waals surface area contributed by atoms with Crippen LogP contribution in [0.3, 0.4) is 0 Å². The fraction of sp³-hybridized carbons (Fsp3) is 0.250. The van der Waals surface area contributed by atoms with Gasteiger partial charge in [-0.3, -0.25) is 4.79 Å². The van der Waals surface area contributed by atoms with Gasteiger partial charge in [0.05, 0.1) is 18.0 Å². The molecule has 2 aromatic rings. The number of Topliss-reactive ketones (excluding diaryl/α,β-unsaturated/α-hetero) is 1. The molecule has 1 heterocycles.